The summed E-state index contributed by atoms with van der Waals surface area (Å²) in [6, 6.07) is 0. The SMILES string of the molecule is CCC=CCCO[SH](=O)=O. The van der Waals surface area contributed by atoms with Gasteiger partial charge >= 0.3 is 0 Å². The van der Waals surface area contributed by atoms with E-state index < -0.39 is 11.0 Å². The van der Waals surface area contributed by atoms with Gasteiger partial charge in [-0.3, -0.25) is 4.18 Å². The molecule has 4 heteroatoms. The van der Waals surface area contributed by atoms with Crippen molar-refractivity contribution in [3.05, 3.63) is 12.2 Å². The zero-order chi connectivity index (χ0) is 7.82. The van der Waals surface area contributed by atoms with Gasteiger partial charge in [0.15, 0.2) is 0 Å². The lowest BCUT2D eigenvalue weighted by Crippen LogP contribution is -1.89. The summed E-state index contributed by atoms with van der Waals surface area (Å²) in [7, 11) is -2.66. The minimum absolute atomic E-state index is 0.259. The largest absolute Gasteiger partial charge is 0.272 e. The van der Waals surface area contributed by atoms with E-state index in [0.717, 1.165) is 6.42 Å². The quantitative estimate of drug-likeness (QED) is 0.373. The molecule has 0 aromatic carbocycles. The highest BCUT2D eigenvalue weighted by Crippen LogP contribution is 1.87. The van der Waals surface area contributed by atoms with Gasteiger partial charge in [0.2, 0.25) is 0 Å². The summed E-state index contributed by atoms with van der Waals surface area (Å²) in [4.78, 5) is 0. The highest BCUT2D eigenvalue weighted by Gasteiger charge is 1.82. The minimum Gasteiger partial charge on any atom is -0.272 e. The number of hydrogen-bond acceptors (Lipinski definition) is 3. The van der Waals surface area contributed by atoms with Crippen molar-refractivity contribution in [2.45, 2.75) is 19.8 Å². The second kappa shape index (κ2) is 6.77. The molecule has 0 fully saturated rings. The summed E-state index contributed by atoms with van der Waals surface area (Å²) >= 11 is 0. The zero-order valence-corrected chi connectivity index (χ0v) is 6.84. The fourth-order valence-corrected chi connectivity index (χ4v) is 0.734. The highest BCUT2D eigenvalue weighted by molar-refractivity contribution is 7.67. The molecule has 0 aromatic heterocycles. The molecule has 0 aliphatic carbocycles. The third kappa shape index (κ3) is 7.65. The Bertz CT molecular complexity index is 152. The molecule has 0 aliphatic rings. The molecule has 0 N–H and O–H groups in total. The first kappa shape index (κ1) is 9.65. The Morgan fingerprint density at radius 3 is 2.60 bits per heavy atom. The molecule has 10 heavy (non-hydrogen) atoms. The maximum Gasteiger partial charge on any atom is 0.257 e. The fourth-order valence-electron chi connectivity index (χ4n) is 0.480. The van der Waals surface area contributed by atoms with Crippen LogP contribution in [0, 0.1) is 0 Å². The van der Waals surface area contributed by atoms with E-state index >= 15 is 0 Å². The normalized spacial score (nSPS) is 11.4. The smallest absolute Gasteiger partial charge is 0.257 e. The minimum atomic E-state index is -2.66. The van der Waals surface area contributed by atoms with Crippen LogP contribution in [0.15, 0.2) is 12.2 Å². The molecule has 0 spiro atoms. The Morgan fingerprint density at radius 2 is 2.10 bits per heavy atom. The zero-order valence-electron chi connectivity index (χ0n) is 5.95. The van der Waals surface area contributed by atoms with E-state index in [1.54, 1.807) is 0 Å². The van der Waals surface area contributed by atoms with Crippen molar-refractivity contribution >= 4 is 11.0 Å². The molecule has 0 heterocycles. The monoisotopic (exact) mass is 164 g/mol. The van der Waals surface area contributed by atoms with Gasteiger partial charge in [0.25, 0.3) is 11.0 Å². The lowest BCUT2D eigenvalue weighted by Gasteiger charge is -1.88. The molecule has 60 valence electrons. The second-order valence-electron chi connectivity index (χ2n) is 1.73. The average Bonchev–Trinajstić information content (AvgIpc) is 1.87. The van der Waals surface area contributed by atoms with Crippen molar-refractivity contribution in [1.29, 1.82) is 0 Å². The highest BCUT2D eigenvalue weighted by atomic mass is 32.2. The first-order valence-corrected chi connectivity index (χ1v) is 4.29. The molecule has 0 bridgehead atoms. The van der Waals surface area contributed by atoms with Gasteiger partial charge < -0.3 is 0 Å². The molecule has 0 unspecified atom stereocenters. The first-order chi connectivity index (χ1) is 4.77. The molecule has 3 nitrogen and oxygen atoms in total. The van der Waals surface area contributed by atoms with Crippen LogP contribution in [-0.4, -0.2) is 15.0 Å². The topological polar surface area (TPSA) is 43.4 Å². The molecular formula is C6H12O3S. The molecule has 0 saturated heterocycles. The van der Waals surface area contributed by atoms with Crippen molar-refractivity contribution in [3.8, 4) is 0 Å². The summed E-state index contributed by atoms with van der Waals surface area (Å²) in [5.41, 5.74) is 0. The number of rotatable bonds is 5. The number of allylic oxidation sites excluding steroid dienone is 1. The van der Waals surface area contributed by atoms with Crippen molar-refractivity contribution in [2.75, 3.05) is 6.61 Å². The molecule has 0 aliphatic heterocycles. The number of thiol groups is 1. The predicted molar refractivity (Wildman–Crippen MR) is 40.3 cm³/mol. The lowest BCUT2D eigenvalue weighted by atomic mass is 10.3. The lowest BCUT2D eigenvalue weighted by molar-refractivity contribution is 0.340. The second-order valence-corrected chi connectivity index (χ2v) is 2.43. The van der Waals surface area contributed by atoms with E-state index in [-0.39, 0.29) is 6.61 Å². The van der Waals surface area contributed by atoms with Crippen LogP contribution in [0.4, 0.5) is 0 Å². The van der Waals surface area contributed by atoms with Crippen molar-refractivity contribution in [1.82, 2.24) is 0 Å². The van der Waals surface area contributed by atoms with E-state index in [2.05, 4.69) is 4.18 Å². The summed E-state index contributed by atoms with van der Waals surface area (Å²) < 4.78 is 23.9. The van der Waals surface area contributed by atoms with Crippen LogP contribution in [-0.2, 0) is 15.2 Å². The van der Waals surface area contributed by atoms with E-state index in [4.69, 9.17) is 0 Å². The Balaban J connectivity index is 3.13. The van der Waals surface area contributed by atoms with Gasteiger partial charge in [-0.15, -0.1) is 0 Å². The van der Waals surface area contributed by atoms with E-state index in [0.29, 0.717) is 6.42 Å². The van der Waals surface area contributed by atoms with Crippen LogP contribution < -0.4 is 0 Å². The van der Waals surface area contributed by atoms with Gasteiger partial charge in [0, 0.05) is 0 Å². The van der Waals surface area contributed by atoms with Crippen molar-refractivity contribution in [2.24, 2.45) is 0 Å². The fraction of sp³-hybridized carbons (Fsp3) is 0.667. The summed E-state index contributed by atoms with van der Waals surface area (Å²) in [5, 5.41) is 0. The Hall–Kier alpha value is -0.350. The van der Waals surface area contributed by atoms with Crippen LogP contribution in [0.3, 0.4) is 0 Å². The van der Waals surface area contributed by atoms with Crippen LogP contribution >= 0.6 is 0 Å². The molecule has 0 aromatic rings. The van der Waals surface area contributed by atoms with Gasteiger partial charge in [-0.05, 0) is 12.8 Å². The van der Waals surface area contributed by atoms with Gasteiger partial charge in [0.1, 0.15) is 0 Å². The predicted octanol–water partition coefficient (Wildman–Crippen LogP) is 0.886. The third-order valence-corrected chi connectivity index (χ3v) is 1.28. The number of hydrogen-bond donors (Lipinski definition) is 1. The van der Waals surface area contributed by atoms with E-state index in [9.17, 15) is 8.42 Å². The molecule has 0 amide bonds. The van der Waals surface area contributed by atoms with Gasteiger partial charge in [-0.1, -0.05) is 19.1 Å². The summed E-state index contributed by atoms with van der Waals surface area (Å²) in [5.74, 6) is 0. The van der Waals surface area contributed by atoms with Crippen LogP contribution in [0.1, 0.15) is 19.8 Å². The molecule has 0 atom stereocenters. The van der Waals surface area contributed by atoms with E-state index in [1.807, 2.05) is 19.1 Å². The summed E-state index contributed by atoms with van der Waals surface area (Å²) in [6.07, 6.45) is 5.51. The molecular weight excluding hydrogens is 152 g/mol. The van der Waals surface area contributed by atoms with Gasteiger partial charge in [-0.25, -0.2) is 8.42 Å². The molecule has 0 rings (SSSR count). The Kier molecular flexibility index (Phi) is 6.53. The van der Waals surface area contributed by atoms with E-state index in [1.165, 1.54) is 0 Å². The summed E-state index contributed by atoms with van der Waals surface area (Å²) in [6.45, 7) is 2.28. The van der Waals surface area contributed by atoms with Crippen LogP contribution in [0.25, 0.3) is 0 Å². The van der Waals surface area contributed by atoms with Crippen molar-refractivity contribution < 1.29 is 12.6 Å². The maximum absolute atomic E-state index is 9.82. The van der Waals surface area contributed by atoms with Crippen LogP contribution in [0.5, 0.6) is 0 Å². The third-order valence-electron chi connectivity index (χ3n) is 0.884. The Morgan fingerprint density at radius 1 is 1.40 bits per heavy atom. The standard InChI is InChI=1S/C6H12O3S/c1-2-3-4-5-6-9-10(7)8/h3-4,10H,2,5-6H2,1H3. The first-order valence-electron chi connectivity index (χ1n) is 3.19. The van der Waals surface area contributed by atoms with Crippen molar-refractivity contribution in [3.63, 3.8) is 0 Å². The van der Waals surface area contributed by atoms with Gasteiger partial charge in [-0.2, -0.15) is 0 Å². The average molecular weight is 164 g/mol. The maximum atomic E-state index is 9.82. The Labute approximate surface area is 62.9 Å². The van der Waals surface area contributed by atoms with Crippen LogP contribution in [0.2, 0.25) is 0 Å². The molecule has 0 radical (unpaired) electrons. The van der Waals surface area contributed by atoms with Gasteiger partial charge in [0.05, 0.1) is 6.61 Å². The molecule has 0 saturated carbocycles.